The van der Waals surface area contributed by atoms with Crippen molar-refractivity contribution in [2.45, 2.75) is 13.0 Å². The van der Waals surface area contributed by atoms with E-state index in [0.29, 0.717) is 18.5 Å². The fraction of sp³-hybridized carbons (Fsp3) is 0.778. The van der Waals surface area contributed by atoms with Crippen LogP contribution in [0.15, 0.2) is 4.42 Å². The van der Waals surface area contributed by atoms with E-state index in [-0.39, 0.29) is 0 Å². The molecule has 2 heterocycles. The van der Waals surface area contributed by atoms with Crippen LogP contribution in [0.2, 0.25) is 0 Å². The molecule has 6 heteroatoms. The van der Waals surface area contributed by atoms with Crippen LogP contribution < -0.4 is 10.2 Å². The molecular weight excluding hydrogens is 196 g/mol. The van der Waals surface area contributed by atoms with E-state index in [1.807, 2.05) is 7.05 Å². The Hall–Kier alpha value is -1.14. The van der Waals surface area contributed by atoms with Gasteiger partial charge in [0, 0.05) is 19.7 Å². The molecule has 0 aliphatic carbocycles. The van der Waals surface area contributed by atoms with E-state index in [2.05, 4.69) is 20.4 Å². The Labute approximate surface area is 88.6 Å². The average Bonchev–Trinajstić information content (AvgIpc) is 2.53. The van der Waals surface area contributed by atoms with Crippen LogP contribution in [0.1, 0.15) is 12.3 Å². The van der Waals surface area contributed by atoms with Gasteiger partial charge in [0.1, 0.15) is 0 Å². The highest BCUT2D eigenvalue weighted by Gasteiger charge is 2.15. The molecule has 0 atom stereocenters. The fourth-order valence-corrected chi connectivity index (χ4v) is 1.53. The van der Waals surface area contributed by atoms with Crippen molar-refractivity contribution in [3.8, 4) is 0 Å². The second-order valence-electron chi connectivity index (χ2n) is 3.46. The predicted octanol–water partition coefficient (Wildman–Crippen LogP) is 0.0157. The summed E-state index contributed by atoms with van der Waals surface area (Å²) in [5, 5.41) is 10.9. The third-order valence-corrected chi connectivity index (χ3v) is 2.28. The minimum atomic E-state index is 0.603. The highest BCUT2D eigenvalue weighted by Crippen LogP contribution is 2.13. The van der Waals surface area contributed by atoms with Gasteiger partial charge >= 0.3 is 6.01 Å². The van der Waals surface area contributed by atoms with Gasteiger partial charge in [-0.25, -0.2) is 0 Å². The quantitative estimate of drug-likeness (QED) is 0.762. The second kappa shape index (κ2) is 5.09. The van der Waals surface area contributed by atoms with E-state index in [1.54, 1.807) is 0 Å². The zero-order valence-corrected chi connectivity index (χ0v) is 8.90. The Bertz CT molecular complexity index is 294. The van der Waals surface area contributed by atoms with Gasteiger partial charge in [0.15, 0.2) is 0 Å². The largest absolute Gasteiger partial charge is 0.407 e. The molecule has 0 aromatic carbocycles. The van der Waals surface area contributed by atoms with Crippen LogP contribution >= 0.6 is 0 Å². The summed E-state index contributed by atoms with van der Waals surface area (Å²) in [5.74, 6) is 0.623. The Morgan fingerprint density at radius 3 is 3.13 bits per heavy atom. The van der Waals surface area contributed by atoms with E-state index in [9.17, 15) is 0 Å². The molecule has 1 aliphatic heterocycles. The highest BCUT2D eigenvalue weighted by atomic mass is 16.5. The van der Waals surface area contributed by atoms with Crippen molar-refractivity contribution in [3.05, 3.63) is 5.89 Å². The molecule has 0 spiro atoms. The predicted molar refractivity (Wildman–Crippen MR) is 54.7 cm³/mol. The first kappa shape index (κ1) is 10.4. The smallest absolute Gasteiger partial charge is 0.318 e. The number of nitrogens with zero attached hydrogens (tertiary/aromatic N) is 3. The lowest BCUT2D eigenvalue weighted by molar-refractivity contribution is 0.152. The molecule has 0 saturated carbocycles. The molecule has 1 saturated heterocycles. The van der Waals surface area contributed by atoms with Crippen molar-refractivity contribution >= 4 is 6.01 Å². The standard InChI is InChI=1S/C9H16N4O2/c1-10-7-8-11-12-9(15-8)13-3-2-5-14-6-4-13/h10H,2-7H2,1H3. The summed E-state index contributed by atoms with van der Waals surface area (Å²) < 4.78 is 10.9. The maximum absolute atomic E-state index is 5.50. The molecule has 0 unspecified atom stereocenters. The van der Waals surface area contributed by atoms with Gasteiger partial charge in [-0.05, 0) is 13.5 Å². The van der Waals surface area contributed by atoms with Gasteiger partial charge in [-0.1, -0.05) is 5.10 Å². The normalized spacial score (nSPS) is 17.8. The second-order valence-corrected chi connectivity index (χ2v) is 3.46. The van der Waals surface area contributed by atoms with Crippen LogP contribution in [-0.2, 0) is 11.3 Å². The molecule has 1 aliphatic rings. The molecule has 1 aromatic rings. The summed E-state index contributed by atoms with van der Waals surface area (Å²) in [7, 11) is 1.85. The monoisotopic (exact) mass is 212 g/mol. The van der Waals surface area contributed by atoms with Crippen molar-refractivity contribution in [2.75, 3.05) is 38.3 Å². The summed E-state index contributed by atoms with van der Waals surface area (Å²) >= 11 is 0. The van der Waals surface area contributed by atoms with Gasteiger partial charge < -0.3 is 19.4 Å². The molecule has 1 N–H and O–H groups in total. The number of anilines is 1. The molecule has 15 heavy (non-hydrogen) atoms. The van der Waals surface area contributed by atoms with E-state index in [0.717, 1.165) is 32.7 Å². The molecule has 6 nitrogen and oxygen atoms in total. The van der Waals surface area contributed by atoms with Gasteiger partial charge in [-0.2, -0.15) is 0 Å². The fourth-order valence-electron chi connectivity index (χ4n) is 1.53. The van der Waals surface area contributed by atoms with Gasteiger partial charge in [0.05, 0.1) is 13.2 Å². The molecule has 84 valence electrons. The van der Waals surface area contributed by atoms with Crippen molar-refractivity contribution in [3.63, 3.8) is 0 Å². The third-order valence-electron chi connectivity index (χ3n) is 2.28. The van der Waals surface area contributed by atoms with Crippen LogP contribution in [0.25, 0.3) is 0 Å². The maximum atomic E-state index is 5.50. The SMILES string of the molecule is CNCc1nnc(N2CCCOCC2)o1. The summed E-state index contributed by atoms with van der Waals surface area (Å²) in [6.07, 6.45) is 1.00. The molecule has 0 bridgehead atoms. The van der Waals surface area contributed by atoms with Crippen LogP contribution in [0.4, 0.5) is 6.01 Å². The number of aromatic nitrogens is 2. The third kappa shape index (κ3) is 2.66. The van der Waals surface area contributed by atoms with E-state index >= 15 is 0 Å². The Morgan fingerprint density at radius 1 is 1.33 bits per heavy atom. The zero-order chi connectivity index (χ0) is 10.5. The van der Waals surface area contributed by atoms with E-state index in [4.69, 9.17) is 9.15 Å². The number of nitrogens with one attached hydrogen (secondary N) is 1. The van der Waals surface area contributed by atoms with Gasteiger partial charge in [0.25, 0.3) is 0 Å². The number of hydrogen-bond donors (Lipinski definition) is 1. The Kier molecular flexibility index (Phi) is 3.52. The summed E-state index contributed by atoms with van der Waals surface area (Å²) in [4.78, 5) is 2.07. The minimum absolute atomic E-state index is 0.603. The Morgan fingerprint density at radius 2 is 2.27 bits per heavy atom. The van der Waals surface area contributed by atoms with Crippen LogP contribution in [-0.4, -0.2) is 43.5 Å². The number of ether oxygens (including phenoxy) is 1. The summed E-state index contributed by atoms with van der Waals surface area (Å²) in [5.41, 5.74) is 0. The molecular formula is C9H16N4O2. The molecule has 0 amide bonds. The first-order valence-corrected chi connectivity index (χ1v) is 5.20. The topological polar surface area (TPSA) is 63.4 Å². The average molecular weight is 212 g/mol. The van der Waals surface area contributed by atoms with Crippen molar-refractivity contribution < 1.29 is 9.15 Å². The van der Waals surface area contributed by atoms with Crippen molar-refractivity contribution in [2.24, 2.45) is 0 Å². The lowest BCUT2D eigenvalue weighted by Gasteiger charge is -2.15. The molecule has 1 fully saturated rings. The van der Waals surface area contributed by atoms with Crippen molar-refractivity contribution in [1.82, 2.24) is 15.5 Å². The summed E-state index contributed by atoms with van der Waals surface area (Å²) in [6, 6.07) is 0.603. The van der Waals surface area contributed by atoms with E-state index < -0.39 is 0 Å². The van der Waals surface area contributed by atoms with Gasteiger partial charge in [0.2, 0.25) is 5.89 Å². The van der Waals surface area contributed by atoms with Gasteiger partial charge in [-0.3, -0.25) is 0 Å². The van der Waals surface area contributed by atoms with Crippen LogP contribution in [0.3, 0.4) is 0 Å². The lowest BCUT2D eigenvalue weighted by Crippen LogP contribution is -2.26. The van der Waals surface area contributed by atoms with Crippen LogP contribution in [0.5, 0.6) is 0 Å². The number of rotatable bonds is 3. The molecule has 0 radical (unpaired) electrons. The Balaban J connectivity index is 2.00. The first-order chi connectivity index (χ1) is 7.40. The molecule has 2 rings (SSSR count). The van der Waals surface area contributed by atoms with Crippen LogP contribution in [0, 0.1) is 0 Å². The van der Waals surface area contributed by atoms with E-state index in [1.165, 1.54) is 0 Å². The summed E-state index contributed by atoms with van der Waals surface area (Å²) in [6.45, 7) is 3.89. The minimum Gasteiger partial charge on any atom is -0.407 e. The van der Waals surface area contributed by atoms with Crippen molar-refractivity contribution in [1.29, 1.82) is 0 Å². The van der Waals surface area contributed by atoms with Gasteiger partial charge in [-0.15, -0.1) is 5.10 Å². The highest BCUT2D eigenvalue weighted by molar-refractivity contribution is 5.23. The lowest BCUT2D eigenvalue weighted by atomic mass is 10.4. The number of hydrogen-bond acceptors (Lipinski definition) is 6. The maximum Gasteiger partial charge on any atom is 0.318 e. The zero-order valence-electron chi connectivity index (χ0n) is 8.90. The molecule has 1 aromatic heterocycles. The first-order valence-electron chi connectivity index (χ1n) is 5.20.